The lowest BCUT2D eigenvalue weighted by molar-refractivity contribution is -0.668. The molecular formula is C5H8N4O. The van der Waals surface area contributed by atoms with E-state index in [0.29, 0.717) is 10.8 Å². The molecule has 1 aromatic rings. The topological polar surface area (TPSA) is 56.0 Å². The van der Waals surface area contributed by atoms with Gasteiger partial charge in [0.25, 0.3) is 5.95 Å². The smallest absolute Gasteiger partial charge is 0.292 e. The monoisotopic (exact) mass is 140 g/mol. The third-order valence-electron chi connectivity index (χ3n) is 0.972. The molecule has 0 radical (unpaired) electrons. The SMILES string of the molecule is CN(C)c1ncc[n+]([O-])n1. The lowest BCUT2D eigenvalue weighted by Gasteiger charge is -2.05. The van der Waals surface area contributed by atoms with Crippen molar-refractivity contribution in [1.29, 1.82) is 0 Å². The molecule has 0 atom stereocenters. The highest BCUT2D eigenvalue weighted by molar-refractivity contribution is 5.21. The van der Waals surface area contributed by atoms with Gasteiger partial charge >= 0.3 is 0 Å². The average Bonchev–Trinajstić information content (AvgIpc) is 1.88. The molecule has 0 aliphatic carbocycles. The van der Waals surface area contributed by atoms with Crippen LogP contribution in [0.4, 0.5) is 5.95 Å². The molecule has 0 fully saturated rings. The quantitative estimate of drug-likeness (QED) is 0.377. The normalized spacial score (nSPS) is 9.40. The molecular weight excluding hydrogens is 132 g/mol. The van der Waals surface area contributed by atoms with Gasteiger partial charge in [0.2, 0.25) is 6.20 Å². The maximum Gasteiger partial charge on any atom is 0.292 e. The Labute approximate surface area is 58.5 Å². The Kier molecular flexibility index (Phi) is 1.66. The molecule has 5 nitrogen and oxygen atoms in total. The van der Waals surface area contributed by atoms with Crippen molar-refractivity contribution in [3.8, 4) is 0 Å². The zero-order valence-electron chi connectivity index (χ0n) is 5.85. The van der Waals surface area contributed by atoms with E-state index in [2.05, 4.69) is 10.1 Å². The lowest BCUT2D eigenvalue weighted by atomic mass is 10.8. The molecule has 10 heavy (non-hydrogen) atoms. The number of rotatable bonds is 1. The van der Waals surface area contributed by atoms with Crippen molar-refractivity contribution >= 4 is 5.95 Å². The summed E-state index contributed by atoms with van der Waals surface area (Å²) in [5.41, 5.74) is 0. The molecule has 0 N–H and O–H groups in total. The Balaban J connectivity index is 2.96. The van der Waals surface area contributed by atoms with E-state index < -0.39 is 0 Å². The van der Waals surface area contributed by atoms with Gasteiger partial charge in [0.15, 0.2) is 0 Å². The Hall–Kier alpha value is -1.39. The first-order chi connectivity index (χ1) is 4.70. The van der Waals surface area contributed by atoms with Gasteiger partial charge in [-0.1, -0.05) is 4.85 Å². The highest BCUT2D eigenvalue weighted by atomic mass is 16.5. The summed E-state index contributed by atoms with van der Waals surface area (Å²) >= 11 is 0. The molecule has 0 unspecified atom stereocenters. The predicted molar refractivity (Wildman–Crippen MR) is 35.3 cm³/mol. The first-order valence-corrected chi connectivity index (χ1v) is 2.80. The first-order valence-electron chi connectivity index (χ1n) is 2.80. The van der Waals surface area contributed by atoms with E-state index in [1.807, 2.05) is 0 Å². The van der Waals surface area contributed by atoms with Crippen LogP contribution < -0.4 is 9.75 Å². The molecule has 0 aliphatic rings. The van der Waals surface area contributed by atoms with E-state index in [1.165, 1.54) is 12.4 Å². The van der Waals surface area contributed by atoms with Crippen LogP contribution in [0.15, 0.2) is 12.4 Å². The van der Waals surface area contributed by atoms with Crippen molar-refractivity contribution in [3.63, 3.8) is 0 Å². The van der Waals surface area contributed by atoms with Crippen molar-refractivity contribution < 1.29 is 4.85 Å². The molecule has 5 heteroatoms. The minimum atomic E-state index is 0.414. The van der Waals surface area contributed by atoms with Crippen LogP contribution in [0, 0.1) is 5.21 Å². The summed E-state index contributed by atoms with van der Waals surface area (Å²) in [6.07, 6.45) is 2.66. The van der Waals surface area contributed by atoms with Gasteiger partial charge in [-0.15, -0.1) is 0 Å². The summed E-state index contributed by atoms with van der Waals surface area (Å²) in [4.78, 5) is 5.97. The van der Waals surface area contributed by atoms with Crippen molar-refractivity contribution in [1.82, 2.24) is 10.1 Å². The largest absolute Gasteiger partial charge is 0.594 e. The maximum absolute atomic E-state index is 10.5. The molecule has 0 amide bonds. The Morgan fingerprint density at radius 2 is 2.30 bits per heavy atom. The Morgan fingerprint density at radius 1 is 1.60 bits per heavy atom. The van der Waals surface area contributed by atoms with Gasteiger partial charge < -0.3 is 10.1 Å². The second kappa shape index (κ2) is 2.47. The molecule has 0 saturated heterocycles. The molecule has 1 rings (SSSR count). The highest BCUT2D eigenvalue weighted by Gasteiger charge is 2.00. The minimum Gasteiger partial charge on any atom is -0.594 e. The van der Waals surface area contributed by atoms with Crippen LogP contribution in [0.25, 0.3) is 0 Å². The summed E-state index contributed by atoms with van der Waals surface area (Å²) < 4.78 is 0. The van der Waals surface area contributed by atoms with Gasteiger partial charge in [-0.25, -0.2) is 4.98 Å². The van der Waals surface area contributed by atoms with Crippen LogP contribution in [0.1, 0.15) is 0 Å². The summed E-state index contributed by atoms with van der Waals surface area (Å²) in [6.45, 7) is 0. The number of aromatic nitrogens is 3. The number of hydrogen-bond acceptors (Lipinski definition) is 4. The summed E-state index contributed by atoms with van der Waals surface area (Å²) in [7, 11) is 3.55. The van der Waals surface area contributed by atoms with Crippen LogP contribution in [-0.2, 0) is 0 Å². The fourth-order valence-corrected chi connectivity index (χ4v) is 0.509. The molecule has 0 saturated carbocycles. The van der Waals surface area contributed by atoms with E-state index in [-0.39, 0.29) is 0 Å². The predicted octanol–water partition coefficient (Wildman–Crippen LogP) is -0.824. The Morgan fingerprint density at radius 3 is 2.70 bits per heavy atom. The fourth-order valence-electron chi connectivity index (χ4n) is 0.509. The standard InChI is InChI=1S/C5H8N4O/c1-8(2)5-6-3-4-9(10)7-5/h3-4H,1-2H3. The third-order valence-corrected chi connectivity index (χ3v) is 0.972. The summed E-state index contributed by atoms with van der Waals surface area (Å²) in [5.74, 6) is 0.414. The van der Waals surface area contributed by atoms with Crippen LogP contribution >= 0.6 is 0 Å². The number of nitrogens with zero attached hydrogens (tertiary/aromatic N) is 4. The molecule has 0 bridgehead atoms. The van der Waals surface area contributed by atoms with Crippen LogP contribution in [0.2, 0.25) is 0 Å². The van der Waals surface area contributed by atoms with Gasteiger partial charge in [-0.05, 0) is 0 Å². The first kappa shape index (κ1) is 6.73. The third kappa shape index (κ3) is 1.31. The van der Waals surface area contributed by atoms with Crippen molar-refractivity contribution in [2.75, 3.05) is 19.0 Å². The fraction of sp³-hybridized carbons (Fsp3) is 0.400. The maximum atomic E-state index is 10.5. The van der Waals surface area contributed by atoms with Gasteiger partial charge in [-0.3, -0.25) is 0 Å². The van der Waals surface area contributed by atoms with E-state index in [9.17, 15) is 5.21 Å². The minimum absolute atomic E-state index is 0.414. The number of hydrogen-bond donors (Lipinski definition) is 0. The van der Waals surface area contributed by atoms with Gasteiger partial charge in [0, 0.05) is 14.1 Å². The van der Waals surface area contributed by atoms with Crippen LogP contribution in [-0.4, -0.2) is 24.2 Å². The molecule has 0 aromatic carbocycles. The second-order valence-corrected chi connectivity index (χ2v) is 2.02. The molecule has 1 aromatic heterocycles. The highest BCUT2D eigenvalue weighted by Crippen LogP contribution is 1.93. The van der Waals surface area contributed by atoms with Crippen molar-refractivity contribution in [2.24, 2.45) is 0 Å². The van der Waals surface area contributed by atoms with Gasteiger partial charge in [0.1, 0.15) is 0 Å². The van der Waals surface area contributed by atoms with E-state index in [1.54, 1.807) is 19.0 Å². The van der Waals surface area contributed by atoms with E-state index in [4.69, 9.17) is 0 Å². The second-order valence-electron chi connectivity index (χ2n) is 2.02. The van der Waals surface area contributed by atoms with Crippen LogP contribution in [0.3, 0.4) is 0 Å². The molecule has 54 valence electrons. The van der Waals surface area contributed by atoms with Crippen molar-refractivity contribution in [2.45, 2.75) is 0 Å². The van der Waals surface area contributed by atoms with Gasteiger partial charge in [0.05, 0.1) is 11.3 Å². The zero-order valence-corrected chi connectivity index (χ0v) is 5.85. The lowest BCUT2D eigenvalue weighted by Crippen LogP contribution is -2.33. The van der Waals surface area contributed by atoms with Gasteiger partial charge in [-0.2, -0.15) is 0 Å². The zero-order chi connectivity index (χ0) is 7.56. The summed E-state index contributed by atoms with van der Waals surface area (Å²) in [5, 5.41) is 14.1. The molecule has 0 spiro atoms. The molecule has 0 aliphatic heterocycles. The number of anilines is 1. The van der Waals surface area contributed by atoms with E-state index in [0.717, 1.165) is 0 Å². The van der Waals surface area contributed by atoms with Crippen molar-refractivity contribution in [3.05, 3.63) is 17.6 Å². The Bertz CT molecular complexity index is 225. The van der Waals surface area contributed by atoms with Crippen LogP contribution in [0.5, 0.6) is 0 Å². The average molecular weight is 140 g/mol. The molecule has 1 heterocycles. The van der Waals surface area contributed by atoms with E-state index >= 15 is 0 Å². The summed E-state index contributed by atoms with van der Waals surface area (Å²) in [6, 6.07) is 0.